The molecule has 1 aliphatic rings. The first-order valence-corrected chi connectivity index (χ1v) is 6.82. The van der Waals surface area contributed by atoms with Crippen molar-refractivity contribution in [1.82, 2.24) is 14.8 Å². The molecule has 0 unspecified atom stereocenters. The molecule has 20 heavy (non-hydrogen) atoms. The molecule has 0 radical (unpaired) electrons. The highest BCUT2D eigenvalue weighted by Crippen LogP contribution is 2.20. The topological polar surface area (TPSA) is 48.5 Å². The van der Waals surface area contributed by atoms with Gasteiger partial charge in [-0.1, -0.05) is 0 Å². The second-order valence-electron chi connectivity index (χ2n) is 5.26. The van der Waals surface area contributed by atoms with Crippen molar-refractivity contribution in [2.24, 2.45) is 0 Å². The lowest BCUT2D eigenvalue weighted by molar-refractivity contribution is 0.0658. The van der Waals surface area contributed by atoms with Crippen LogP contribution in [0.3, 0.4) is 0 Å². The summed E-state index contributed by atoms with van der Waals surface area (Å²) in [4.78, 5) is 20.1. The molecule has 110 valence electrons. The highest BCUT2D eigenvalue weighted by molar-refractivity contribution is 5.95. The summed E-state index contributed by atoms with van der Waals surface area (Å²) < 4.78 is 14.1. The maximum Gasteiger partial charge on any atom is 0.257 e. The monoisotopic (exact) mass is 280 g/mol. The number of hydrogen-bond donors (Lipinski definition) is 1. The summed E-state index contributed by atoms with van der Waals surface area (Å²) in [5, 5.41) is 2.65. The lowest BCUT2D eigenvalue weighted by atomic mass is 10.0. The number of carbonyl (C=O) groups is 1. The Morgan fingerprint density at radius 3 is 2.65 bits per heavy atom. The van der Waals surface area contributed by atoms with Crippen LogP contribution in [-0.2, 0) is 0 Å². The van der Waals surface area contributed by atoms with Crippen LogP contribution in [0.2, 0.25) is 0 Å². The van der Waals surface area contributed by atoms with E-state index in [0.717, 1.165) is 12.8 Å². The average Bonchev–Trinajstić information content (AvgIpc) is 2.47. The van der Waals surface area contributed by atoms with Crippen LogP contribution in [0.4, 0.5) is 10.2 Å². The minimum atomic E-state index is -0.574. The molecule has 1 fully saturated rings. The predicted octanol–water partition coefficient (Wildman–Crippen LogP) is 1.43. The van der Waals surface area contributed by atoms with Gasteiger partial charge in [0.2, 0.25) is 0 Å². The molecule has 2 heterocycles. The maximum absolute atomic E-state index is 14.1. The number of nitrogens with one attached hydrogen (secondary N) is 1. The summed E-state index contributed by atoms with van der Waals surface area (Å²) >= 11 is 0. The molecule has 6 heteroatoms. The second kappa shape index (κ2) is 6.17. The van der Waals surface area contributed by atoms with Crippen molar-refractivity contribution in [3.63, 3.8) is 0 Å². The number of hydrogen-bond acceptors (Lipinski definition) is 4. The molecule has 5 nitrogen and oxygen atoms in total. The standard InChI is InChI=1S/C14H21FN4O/c1-16-13-12(15)11(4-7-17-13)14(20)19-8-5-10(6-9-19)18(2)3/h4,7,10H,5-6,8-9H2,1-3H3,(H,16,17). The molecule has 1 N–H and O–H groups in total. The zero-order chi connectivity index (χ0) is 14.7. The van der Waals surface area contributed by atoms with Crippen LogP contribution >= 0.6 is 0 Å². The van der Waals surface area contributed by atoms with Crippen LogP contribution in [0.1, 0.15) is 23.2 Å². The number of halogens is 1. The maximum atomic E-state index is 14.1. The van der Waals surface area contributed by atoms with Gasteiger partial charge in [0.25, 0.3) is 5.91 Å². The molecule has 1 amide bonds. The number of carbonyl (C=O) groups excluding carboxylic acids is 1. The van der Waals surface area contributed by atoms with Crippen molar-refractivity contribution < 1.29 is 9.18 Å². The molecule has 0 aromatic carbocycles. The minimum Gasteiger partial charge on any atom is -0.371 e. The van der Waals surface area contributed by atoms with Gasteiger partial charge in [-0.15, -0.1) is 0 Å². The van der Waals surface area contributed by atoms with Crippen molar-refractivity contribution in [3.8, 4) is 0 Å². The fraction of sp³-hybridized carbons (Fsp3) is 0.571. The van der Waals surface area contributed by atoms with Gasteiger partial charge in [-0.2, -0.15) is 0 Å². The quantitative estimate of drug-likeness (QED) is 0.910. The third-order valence-electron chi connectivity index (χ3n) is 3.84. The number of amides is 1. The minimum absolute atomic E-state index is 0.0904. The molecular weight excluding hydrogens is 259 g/mol. The van der Waals surface area contributed by atoms with Crippen molar-refractivity contribution >= 4 is 11.7 Å². The molecule has 1 aromatic heterocycles. The second-order valence-corrected chi connectivity index (χ2v) is 5.26. The van der Waals surface area contributed by atoms with Gasteiger partial charge in [0, 0.05) is 32.4 Å². The van der Waals surface area contributed by atoms with Crippen molar-refractivity contribution in [2.45, 2.75) is 18.9 Å². The van der Waals surface area contributed by atoms with Gasteiger partial charge < -0.3 is 15.1 Å². The summed E-state index contributed by atoms with van der Waals surface area (Å²) in [6.45, 7) is 1.33. The van der Waals surface area contributed by atoms with E-state index in [9.17, 15) is 9.18 Å². The number of nitrogens with zero attached hydrogens (tertiary/aromatic N) is 3. The summed E-state index contributed by atoms with van der Waals surface area (Å²) in [6, 6.07) is 1.94. The van der Waals surface area contributed by atoms with E-state index < -0.39 is 5.82 Å². The molecule has 0 bridgehead atoms. The largest absolute Gasteiger partial charge is 0.371 e. The molecule has 1 saturated heterocycles. The highest BCUT2D eigenvalue weighted by Gasteiger charge is 2.26. The van der Waals surface area contributed by atoms with Gasteiger partial charge in [-0.05, 0) is 33.0 Å². The van der Waals surface area contributed by atoms with E-state index in [0.29, 0.717) is 19.1 Å². The Bertz CT molecular complexity index is 484. The first-order chi connectivity index (χ1) is 9.54. The van der Waals surface area contributed by atoms with E-state index in [1.54, 1.807) is 11.9 Å². The third-order valence-corrected chi connectivity index (χ3v) is 3.84. The number of aromatic nitrogens is 1. The number of pyridine rings is 1. The van der Waals surface area contributed by atoms with Gasteiger partial charge in [-0.25, -0.2) is 9.37 Å². The normalized spacial score (nSPS) is 16.6. The van der Waals surface area contributed by atoms with Crippen LogP contribution in [-0.4, -0.2) is 61.0 Å². The van der Waals surface area contributed by atoms with Crippen LogP contribution < -0.4 is 5.32 Å². The number of piperidine rings is 1. The van der Waals surface area contributed by atoms with Crippen molar-refractivity contribution in [2.75, 3.05) is 39.5 Å². The Kier molecular flexibility index (Phi) is 4.54. The fourth-order valence-corrected chi connectivity index (χ4v) is 2.54. The molecule has 0 aliphatic carbocycles. The fourth-order valence-electron chi connectivity index (χ4n) is 2.54. The first-order valence-electron chi connectivity index (χ1n) is 6.82. The van der Waals surface area contributed by atoms with Gasteiger partial charge in [0.05, 0.1) is 5.56 Å². The first kappa shape index (κ1) is 14.7. The third kappa shape index (κ3) is 2.90. The lowest BCUT2D eigenvalue weighted by Crippen LogP contribution is -2.44. The van der Waals surface area contributed by atoms with E-state index in [-0.39, 0.29) is 17.3 Å². The Hall–Kier alpha value is -1.69. The van der Waals surface area contributed by atoms with Gasteiger partial charge in [0.1, 0.15) is 0 Å². The predicted molar refractivity (Wildman–Crippen MR) is 76.4 cm³/mol. The molecule has 1 aliphatic heterocycles. The van der Waals surface area contributed by atoms with Gasteiger partial charge in [-0.3, -0.25) is 4.79 Å². The molecule has 0 spiro atoms. The number of rotatable bonds is 3. The summed E-state index contributed by atoms with van der Waals surface area (Å²) in [7, 11) is 5.68. The lowest BCUT2D eigenvalue weighted by Gasteiger charge is -2.35. The van der Waals surface area contributed by atoms with Crippen LogP contribution in [0.5, 0.6) is 0 Å². The Morgan fingerprint density at radius 1 is 1.45 bits per heavy atom. The van der Waals surface area contributed by atoms with E-state index >= 15 is 0 Å². The Labute approximate surface area is 118 Å². The Morgan fingerprint density at radius 2 is 2.10 bits per heavy atom. The number of likely N-dealkylation sites (tertiary alicyclic amines) is 1. The van der Waals surface area contributed by atoms with E-state index in [4.69, 9.17) is 0 Å². The number of anilines is 1. The molecular formula is C14H21FN4O. The summed E-state index contributed by atoms with van der Waals surface area (Å²) in [5.41, 5.74) is 0.0904. The zero-order valence-electron chi connectivity index (χ0n) is 12.2. The van der Waals surface area contributed by atoms with Gasteiger partial charge in [0.15, 0.2) is 11.6 Å². The smallest absolute Gasteiger partial charge is 0.257 e. The van der Waals surface area contributed by atoms with E-state index in [1.165, 1.54) is 12.3 Å². The van der Waals surface area contributed by atoms with Crippen LogP contribution in [0.15, 0.2) is 12.3 Å². The summed E-state index contributed by atoms with van der Waals surface area (Å²) in [6.07, 6.45) is 3.30. The van der Waals surface area contributed by atoms with Crippen LogP contribution in [0, 0.1) is 5.82 Å². The van der Waals surface area contributed by atoms with E-state index in [2.05, 4.69) is 15.2 Å². The highest BCUT2D eigenvalue weighted by atomic mass is 19.1. The van der Waals surface area contributed by atoms with Gasteiger partial charge >= 0.3 is 0 Å². The summed E-state index contributed by atoms with van der Waals surface area (Å²) in [5.74, 6) is -0.715. The molecule has 0 saturated carbocycles. The van der Waals surface area contributed by atoms with E-state index in [1.807, 2.05) is 14.1 Å². The molecule has 2 rings (SSSR count). The molecule has 1 aromatic rings. The Balaban J connectivity index is 2.09. The van der Waals surface area contributed by atoms with Crippen molar-refractivity contribution in [1.29, 1.82) is 0 Å². The average molecular weight is 280 g/mol. The molecule has 0 atom stereocenters. The SMILES string of the molecule is CNc1nccc(C(=O)N2CCC(N(C)C)CC2)c1F. The van der Waals surface area contributed by atoms with Crippen LogP contribution in [0.25, 0.3) is 0 Å². The van der Waals surface area contributed by atoms with Crippen molar-refractivity contribution in [3.05, 3.63) is 23.6 Å². The zero-order valence-corrected chi connectivity index (χ0v) is 12.2.